The maximum Gasteiger partial charge on any atom is 0.0695 e. The maximum atomic E-state index is 9.90. The molecule has 1 heterocycles. The van der Waals surface area contributed by atoms with Crippen molar-refractivity contribution in [1.29, 1.82) is 0 Å². The highest BCUT2D eigenvalue weighted by Gasteiger charge is 2.32. The van der Waals surface area contributed by atoms with Crippen LogP contribution in [-0.4, -0.2) is 60.8 Å². The molecule has 3 heteroatoms. The van der Waals surface area contributed by atoms with Crippen molar-refractivity contribution < 1.29 is 5.11 Å². The van der Waals surface area contributed by atoms with Gasteiger partial charge in [-0.25, -0.2) is 0 Å². The largest absolute Gasteiger partial charge is 0.391 e. The van der Waals surface area contributed by atoms with Crippen LogP contribution in [0, 0.1) is 5.92 Å². The van der Waals surface area contributed by atoms with Crippen molar-refractivity contribution in [2.45, 2.75) is 44.2 Å². The van der Waals surface area contributed by atoms with E-state index < -0.39 is 0 Å². The normalized spacial score (nSPS) is 33.8. The summed E-state index contributed by atoms with van der Waals surface area (Å²) in [7, 11) is 4.32. The van der Waals surface area contributed by atoms with Gasteiger partial charge in [-0.1, -0.05) is 0 Å². The van der Waals surface area contributed by atoms with Crippen molar-refractivity contribution in [2.24, 2.45) is 5.92 Å². The smallest absolute Gasteiger partial charge is 0.0695 e. The Morgan fingerprint density at radius 1 is 1.12 bits per heavy atom. The van der Waals surface area contributed by atoms with Crippen LogP contribution in [0.2, 0.25) is 0 Å². The Labute approximate surface area is 99.4 Å². The van der Waals surface area contributed by atoms with Gasteiger partial charge in [-0.2, -0.15) is 0 Å². The average Bonchev–Trinajstić information content (AvgIpc) is 2.65. The van der Waals surface area contributed by atoms with E-state index in [1.165, 1.54) is 45.3 Å². The third kappa shape index (κ3) is 2.96. The number of nitrogens with zero attached hydrogens (tertiary/aromatic N) is 2. The number of likely N-dealkylation sites (tertiary alicyclic amines) is 1. The molecule has 1 aliphatic heterocycles. The summed E-state index contributed by atoms with van der Waals surface area (Å²) < 4.78 is 0. The van der Waals surface area contributed by atoms with E-state index in [9.17, 15) is 5.11 Å². The van der Waals surface area contributed by atoms with Crippen LogP contribution >= 0.6 is 0 Å². The molecule has 0 aromatic heterocycles. The van der Waals surface area contributed by atoms with Crippen molar-refractivity contribution in [2.75, 3.05) is 33.7 Å². The van der Waals surface area contributed by atoms with Crippen LogP contribution in [0.5, 0.6) is 0 Å². The molecule has 2 fully saturated rings. The topological polar surface area (TPSA) is 26.7 Å². The SMILES string of the molecule is CN(C)CC1CCN([C@H]2CCC[C@@H]2O)CC1. The third-order valence-electron chi connectivity index (χ3n) is 4.19. The molecule has 1 N–H and O–H groups in total. The number of piperidine rings is 1. The molecule has 1 saturated carbocycles. The summed E-state index contributed by atoms with van der Waals surface area (Å²) in [4.78, 5) is 4.83. The Balaban J connectivity index is 1.76. The van der Waals surface area contributed by atoms with E-state index in [2.05, 4.69) is 23.9 Å². The lowest BCUT2D eigenvalue weighted by Crippen LogP contribution is -2.46. The summed E-state index contributed by atoms with van der Waals surface area (Å²) >= 11 is 0. The molecule has 94 valence electrons. The number of aliphatic hydroxyl groups excluding tert-OH is 1. The second-order valence-electron chi connectivity index (χ2n) is 5.81. The van der Waals surface area contributed by atoms with Crippen molar-refractivity contribution in [3.8, 4) is 0 Å². The van der Waals surface area contributed by atoms with Gasteiger partial charge in [0.2, 0.25) is 0 Å². The average molecular weight is 226 g/mol. The summed E-state index contributed by atoms with van der Waals surface area (Å²) in [6, 6.07) is 0.473. The Hall–Kier alpha value is -0.120. The Morgan fingerprint density at radius 2 is 1.81 bits per heavy atom. The summed E-state index contributed by atoms with van der Waals surface area (Å²) in [5.74, 6) is 0.866. The predicted octanol–water partition coefficient (Wildman–Crippen LogP) is 1.17. The molecule has 0 unspecified atom stereocenters. The lowest BCUT2D eigenvalue weighted by Gasteiger charge is -2.38. The van der Waals surface area contributed by atoms with Crippen LogP contribution in [0.25, 0.3) is 0 Å². The zero-order chi connectivity index (χ0) is 11.5. The fraction of sp³-hybridized carbons (Fsp3) is 1.00. The van der Waals surface area contributed by atoms with Gasteiger partial charge in [0.1, 0.15) is 0 Å². The van der Waals surface area contributed by atoms with E-state index in [-0.39, 0.29) is 6.10 Å². The number of aliphatic hydroxyl groups is 1. The molecule has 0 radical (unpaired) electrons. The second kappa shape index (κ2) is 5.48. The molecular formula is C13H26N2O. The van der Waals surface area contributed by atoms with Crippen molar-refractivity contribution >= 4 is 0 Å². The summed E-state index contributed by atoms with van der Waals surface area (Å²) in [6.45, 7) is 3.61. The van der Waals surface area contributed by atoms with Crippen molar-refractivity contribution in [1.82, 2.24) is 9.80 Å². The van der Waals surface area contributed by atoms with Crippen LogP contribution in [0.15, 0.2) is 0 Å². The molecule has 2 rings (SSSR count). The zero-order valence-corrected chi connectivity index (χ0v) is 10.7. The molecule has 2 atom stereocenters. The third-order valence-corrected chi connectivity index (χ3v) is 4.19. The summed E-state index contributed by atoms with van der Waals surface area (Å²) in [6.07, 6.45) is 6.00. The predicted molar refractivity (Wildman–Crippen MR) is 66.5 cm³/mol. The molecule has 0 aromatic carbocycles. The van der Waals surface area contributed by atoms with Gasteiger partial charge in [0.05, 0.1) is 6.10 Å². The molecular weight excluding hydrogens is 200 g/mol. The minimum Gasteiger partial charge on any atom is -0.391 e. The van der Waals surface area contributed by atoms with Crippen molar-refractivity contribution in [3.05, 3.63) is 0 Å². The van der Waals surface area contributed by atoms with E-state index in [0.29, 0.717) is 6.04 Å². The monoisotopic (exact) mass is 226 g/mol. The van der Waals surface area contributed by atoms with E-state index in [1.54, 1.807) is 0 Å². The van der Waals surface area contributed by atoms with Crippen LogP contribution in [-0.2, 0) is 0 Å². The van der Waals surface area contributed by atoms with E-state index in [4.69, 9.17) is 0 Å². The van der Waals surface area contributed by atoms with Gasteiger partial charge in [-0.05, 0) is 65.2 Å². The molecule has 2 aliphatic rings. The highest BCUT2D eigenvalue weighted by Crippen LogP contribution is 2.28. The second-order valence-corrected chi connectivity index (χ2v) is 5.81. The lowest BCUT2D eigenvalue weighted by molar-refractivity contribution is 0.0450. The standard InChI is InChI=1S/C13H26N2O/c1-14(2)10-11-6-8-15(9-7-11)12-4-3-5-13(12)16/h11-13,16H,3-10H2,1-2H3/t12-,13-/m0/s1. The molecule has 1 saturated heterocycles. The first-order valence-electron chi connectivity index (χ1n) is 6.73. The fourth-order valence-electron chi connectivity index (χ4n) is 3.33. The van der Waals surface area contributed by atoms with Gasteiger partial charge < -0.3 is 10.0 Å². The van der Waals surface area contributed by atoms with Gasteiger partial charge in [-0.15, -0.1) is 0 Å². The first-order chi connectivity index (χ1) is 7.66. The van der Waals surface area contributed by atoms with Crippen LogP contribution in [0.1, 0.15) is 32.1 Å². The van der Waals surface area contributed by atoms with Gasteiger partial charge in [0.15, 0.2) is 0 Å². The van der Waals surface area contributed by atoms with Crippen LogP contribution in [0.3, 0.4) is 0 Å². The quantitative estimate of drug-likeness (QED) is 0.782. The summed E-state index contributed by atoms with van der Waals surface area (Å²) in [5, 5.41) is 9.90. The number of hydrogen-bond acceptors (Lipinski definition) is 3. The molecule has 0 spiro atoms. The molecule has 0 bridgehead atoms. The van der Waals surface area contributed by atoms with Gasteiger partial charge in [0.25, 0.3) is 0 Å². The van der Waals surface area contributed by atoms with Crippen LogP contribution in [0.4, 0.5) is 0 Å². The number of rotatable bonds is 3. The van der Waals surface area contributed by atoms with Crippen molar-refractivity contribution in [3.63, 3.8) is 0 Å². The number of hydrogen-bond donors (Lipinski definition) is 1. The first-order valence-corrected chi connectivity index (χ1v) is 6.73. The van der Waals surface area contributed by atoms with Gasteiger partial charge in [-0.3, -0.25) is 4.90 Å². The molecule has 0 aromatic rings. The molecule has 3 nitrogen and oxygen atoms in total. The highest BCUT2D eigenvalue weighted by atomic mass is 16.3. The van der Waals surface area contributed by atoms with Crippen LogP contribution < -0.4 is 0 Å². The van der Waals surface area contributed by atoms with E-state index in [1.807, 2.05) is 0 Å². The Morgan fingerprint density at radius 3 is 2.31 bits per heavy atom. The van der Waals surface area contributed by atoms with E-state index >= 15 is 0 Å². The lowest BCUT2D eigenvalue weighted by atomic mass is 9.95. The zero-order valence-electron chi connectivity index (χ0n) is 10.7. The Bertz CT molecular complexity index is 212. The first kappa shape index (κ1) is 12.3. The molecule has 0 amide bonds. The fourth-order valence-corrected chi connectivity index (χ4v) is 3.33. The van der Waals surface area contributed by atoms with Gasteiger partial charge in [0, 0.05) is 12.6 Å². The maximum absolute atomic E-state index is 9.90. The summed E-state index contributed by atoms with van der Waals surface area (Å²) in [5.41, 5.74) is 0. The highest BCUT2D eigenvalue weighted by molar-refractivity contribution is 4.87. The van der Waals surface area contributed by atoms with E-state index in [0.717, 1.165) is 12.3 Å². The minimum absolute atomic E-state index is 0.0506. The minimum atomic E-state index is -0.0506. The Kier molecular flexibility index (Phi) is 4.22. The van der Waals surface area contributed by atoms with Gasteiger partial charge >= 0.3 is 0 Å². The molecule has 16 heavy (non-hydrogen) atoms. The molecule has 1 aliphatic carbocycles.